The first-order chi connectivity index (χ1) is 18.6. The number of benzene rings is 1. The molecule has 0 unspecified atom stereocenters. The maximum Gasteiger partial charge on any atom is 0.333 e. The summed E-state index contributed by atoms with van der Waals surface area (Å²) in [5.41, 5.74) is 1.34. The second-order valence-corrected chi connectivity index (χ2v) is 10.9. The van der Waals surface area contributed by atoms with Crippen LogP contribution in [0.15, 0.2) is 42.9 Å². The van der Waals surface area contributed by atoms with Gasteiger partial charge in [-0.25, -0.2) is 13.1 Å². The lowest BCUT2D eigenvalue weighted by Gasteiger charge is -2.22. The monoisotopic (exact) mass is 563 g/mol. The Hall–Kier alpha value is -3.98. The van der Waals surface area contributed by atoms with Crippen LogP contribution in [0.25, 0.3) is 17.2 Å². The largest absolute Gasteiger partial charge is 0.494 e. The van der Waals surface area contributed by atoms with Crippen LogP contribution in [0.5, 0.6) is 11.5 Å². The van der Waals surface area contributed by atoms with Crippen LogP contribution in [-0.2, 0) is 20.3 Å². The molecule has 1 aromatic carbocycles. The SMILES string of the molecule is COc1cccc(OC)c1-n1c(CS(=O)(=O)[C@@H](C)[C@H](OC)c2cnc(C)cn2)nnc1-c1ccn(C(F)F)n1. The smallest absolute Gasteiger partial charge is 0.333 e. The molecule has 2 atom stereocenters. The molecule has 0 N–H and O–H groups in total. The van der Waals surface area contributed by atoms with Gasteiger partial charge < -0.3 is 14.2 Å². The summed E-state index contributed by atoms with van der Waals surface area (Å²) < 4.78 is 72.3. The molecule has 3 aromatic heterocycles. The first-order valence-corrected chi connectivity index (χ1v) is 13.3. The molecule has 0 bridgehead atoms. The maximum atomic E-state index is 13.7. The van der Waals surface area contributed by atoms with Crippen LogP contribution in [0.2, 0.25) is 0 Å². The summed E-state index contributed by atoms with van der Waals surface area (Å²) in [7, 11) is 0.271. The van der Waals surface area contributed by atoms with Gasteiger partial charge in [0.25, 0.3) is 0 Å². The lowest BCUT2D eigenvalue weighted by atomic mass is 10.2. The molecule has 0 aliphatic rings. The van der Waals surface area contributed by atoms with E-state index in [-0.39, 0.29) is 23.0 Å². The minimum Gasteiger partial charge on any atom is -0.494 e. The highest BCUT2D eigenvalue weighted by Gasteiger charge is 2.35. The predicted octanol–water partition coefficient (Wildman–Crippen LogP) is 3.33. The number of methoxy groups -OCH3 is 3. The highest BCUT2D eigenvalue weighted by atomic mass is 32.2. The zero-order valence-electron chi connectivity index (χ0n) is 21.8. The molecule has 0 saturated heterocycles. The average molecular weight is 564 g/mol. The van der Waals surface area contributed by atoms with Crippen LogP contribution in [0.4, 0.5) is 8.78 Å². The standard InChI is InChI=1S/C24H27F2N7O5S/c1-14-11-28-17(12-27-14)22(38-5)15(2)39(34,35)13-20-29-30-23(16-9-10-32(31-16)24(25)26)33(20)21-18(36-3)7-6-8-19(21)37-4/h6-12,15,22,24H,13H2,1-5H3/t15-,22-/m0/s1. The van der Waals surface area contributed by atoms with Gasteiger partial charge in [-0.05, 0) is 32.0 Å². The summed E-state index contributed by atoms with van der Waals surface area (Å²) in [6.07, 6.45) is 3.16. The highest BCUT2D eigenvalue weighted by molar-refractivity contribution is 7.91. The zero-order valence-corrected chi connectivity index (χ0v) is 22.6. The Morgan fingerprint density at radius 3 is 2.23 bits per heavy atom. The first kappa shape index (κ1) is 28.0. The molecule has 0 amide bonds. The quantitative estimate of drug-likeness (QED) is 0.267. The van der Waals surface area contributed by atoms with Gasteiger partial charge in [-0.1, -0.05) is 6.07 Å². The fourth-order valence-corrected chi connectivity index (χ4v) is 5.47. The molecule has 0 spiro atoms. The summed E-state index contributed by atoms with van der Waals surface area (Å²) >= 11 is 0. The molecular formula is C24H27F2N7O5S. The second-order valence-electron chi connectivity index (χ2n) is 8.50. The highest BCUT2D eigenvalue weighted by Crippen LogP contribution is 2.37. The first-order valence-electron chi connectivity index (χ1n) is 11.6. The second kappa shape index (κ2) is 11.4. The number of aryl methyl sites for hydroxylation is 1. The Morgan fingerprint density at radius 1 is 1.00 bits per heavy atom. The summed E-state index contributed by atoms with van der Waals surface area (Å²) in [5.74, 6) is 0.0240. The van der Waals surface area contributed by atoms with Crippen LogP contribution in [-0.4, -0.2) is 69.5 Å². The molecule has 0 radical (unpaired) electrons. The van der Waals surface area contributed by atoms with Crippen molar-refractivity contribution in [3.63, 3.8) is 0 Å². The third kappa shape index (κ3) is 5.59. The lowest BCUT2D eigenvalue weighted by Crippen LogP contribution is -2.29. The molecule has 0 aliphatic carbocycles. The molecule has 3 heterocycles. The van der Waals surface area contributed by atoms with Gasteiger partial charge in [-0.3, -0.25) is 14.5 Å². The fourth-order valence-electron chi connectivity index (χ4n) is 4.03. The Kier molecular flexibility index (Phi) is 8.20. The van der Waals surface area contributed by atoms with Gasteiger partial charge in [0.05, 0.1) is 37.1 Å². The number of hydrogen-bond donors (Lipinski definition) is 0. The number of para-hydroxylation sites is 1. The molecule has 0 saturated carbocycles. The maximum absolute atomic E-state index is 13.7. The minimum absolute atomic E-state index is 0.0164. The third-order valence-corrected chi connectivity index (χ3v) is 8.10. The van der Waals surface area contributed by atoms with Gasteiger partial charge in [0.15, 0.2) is 21.5 Å². The zero-order chi connectivity index (χ0) is 28.3. The van der Waals surface area contributed by atoms with Gasteiger partial charge in [0, 0.05) is 19.5 Å². The minimum atomic E-state index is -3.97. The van der Waals surface area contributed by atoms with E-state index in [2.05, 4.69) is 25.3 Å². The van der Waals surface area contributed by atoms with E-state index >= 15 is 0 Å². The van der Waals surface area contributed by atoms with Gasteiger partial charge in [0.1, 0.15) is 34.7 Å². The Labute approximate surface area is 223 Å². The van der Waals surface area contributed by atoms with Crippen molar-refractivity contribution in [2.45, 2.75) is 37.5 Å². The van der Waals surface area contributed by atoms with Crippen LogP contribution in [0.3, 0.4) is 0 Å². The predicted molar refractivity (Wildman–Crippen MR) is 136 cm³/mol. The number of halogens is 2. The number of rotatable bonds is 11. The van der Waals surface area contributed by atoms with Crippen LogP contribution in [0.1, 0.15) is 36.8 Å². The van der Waals surface area contributed by atoms with Crippen LogP contribution < -0.4 is 9.47 Å². The Balaban J connectivity index is 1.84. The number of aromatic nitrogens is 7. The van der Waals surface area contributed by atoms with Gasteiger partial charge >= 0.3 is 6.55 Å². The molecule has 0 aliphatic heterocycles. The number of nitrogens with zero attached hydrogens (tertiary/aromatic N) is 7. The molecule has 208 valence electrons. The van der Waals surface area contributed by atoms with Crippen LogP contribution in [0, 0.1) is 6.92 Å². The van der Waals surface area contributed by atoms with Crippen LogP contribution >= 0.6 is 0 Å². The molecule has 12 nitrogen and oxygen atoms in total. The number of hydrogen-bond acceptors (Lipinski definition) is 10. The van der Waals surface area contributed by atoms with E-state index in [0.717, 1.165) is 6.20 Å². The van der Waals surface area contributed by atoms with E-state index in [0.29, 0.717) is 27.6 Å². The van der Waals surface area contributed by atoms with Crippen molar-refractivity contribution in [2.75, 3.05) is 21.3 Å². The summed E-state index contributed by atoms with van der Waals surface area (Å²) in [6.45, 7) is 0.382. The topological polar surface area (TPSA) is 136 Å². The number of ether oxygens (including phenoxy) is 3. The van der Waals surface area contributed by atoms with Crippen molar-refractivity contribution in [3.05, 3.63) is 60.1 Å². The van der Waals surface area contributed by atoms with Gasteiger partial charge in [-0.2, -0.15) is 13.9 Å². The lowest BCUT2D eigenvalue weighted by molar-refractivity contribution is 0.0568. The molecular weight excluding hydrogens is 536 g/mol. The average Bonchev–Trinajstić information content (AvgIpc) is 3.56. The van der Waals surface area contributed by atoms with E-state index in [1.54, 1.807) is 25.1 Å². The van der Waals surface area contributed by atoms with E-state index in [1.165, 1.54) is 51.3 Å². The Morgan fingerprint density at radius 2 is 1.69 bits per heavy atom. The summed E-state index contributed by atoms with van der Waals surface area (Å²) in [4.78, 5) is 8.46. The molecule has 4 aromatic rings. The normalized spacial score (nSPS) is 13.4. The van der Waals surface area contributed by atoms with E-state index in [4.69, 9.17) is 14.2 Å². The third-order valence-electron chi connectivity index (χ3n) is 6.06. The molecule has 4 rings (SSSR count). The van der Waals surface area contributed by atoms with Crippen molar-refractivity contribution in [1.29, 1.82) is 0 Å². The number of alkyl halides is 2. The van der Waals surface area contributed by atoms with Crippen molar-refractivity contribution < 1.29 is 31.4 Å². The van der Waals surface area contributed by atoms with Gasteiger partial charge in [0.2, 0.25) is 0 Å². The van der Waals surface area contributed by atoms with E-state index in [1.807, 2.05) is 0 Å². The van der Waals surface area contributed by atoms with E-state index < -0.39 is 33.5 Å². The summed E-state index contributed by atoms with van der Waals surface area (Å²) in [5, 5.41) is 11.1. The molecule has 39 heavy (non-hydrogen) atoms. The number of sulfone groups is 1. The van der Waals surface area contributed by atoms with E-state index in [9.17, 15) is 17.2 Å². The fraction of sp³-hybridized carbons (Fsp3) is 0.375. The Bertz CT molecular complexity index is 1520. The molecule has 0 fully saturated rings. The summed E-state index contributed by atoms with van der Waals surface area (Å²) in [6, 6.07) is 6.28. The molecule has 15 heteroatoms. The van der Waals surface area contributed by atoms with Crippen molar-refractivity contribution in [2.24, 2.45) is 0 Å². The van der Waals surface area contributed by atoms with Crippen molar-refractivity contribution in [1.82, 2.24) is 34.5 Å². The van der Waals surface area contributed by atoms with Crippen molar-refractivity contribution in [3.8, 4) is 28.7 Å². The van der Waals surface area contributed by atoms with Crippen molar-refractivity contribution >= 4 is 9.84 Å². The van der Waals surface area contributed by atoms with Gasteiger partial charge in [-0.15, -0.1) is 10.2 Å².